The fourth-order valence-electron chi connectivity index (χ4n) is 1.20. The smallest absolute Gasteiger partial charge is 0.216 e. The fraction of sp³-hybridized carbons (Fsp3) is 0.250. The molecule has 0 atom stereocenters. The molecule has 0 aromatic heterocycles. The van der Waals surface area contributed by atoms with Gasteiger partial charge in [0.25, 0.3) is 0 Å². The molecule has 0 unspecified atom stereocenters. The summed E-state index contributed by atoms with van der Waals surface area (Å²) in [4.78, 5) is 10.6. The van der Waals surface area contributed by atoms with Gasteiger partial charge in [-0.15, -0.1) is 0 Å². The topological polar surface area (TPSA) is 29.1 Å². The van der Waals surface area contributed by atoms with Crippen molar-refractivity contribution in [1.29, 1.82) is 0 Å². The zero-order chi connectivity index (χ0) is 10.4. The van der Waals surface area contributed by atoms with Crippen molar-refractivity contribution in [3.8, 4) is 0 Å². The molecule has 0 bridgehead atoms. The Bertz CT molecular complexity index is 314. The van der Waals surface area contributed by atoms with Crippen LogP contribution in [0.4, 0.5) is 0 Å². The quantitative estimate of drug-likeness (QED) is 0.771. The van der Waals surface area contributed by atoms with Crippen molar-refractivity contribution >= 4 is 12.0 Å². The molecule has 0 aliphatic rings. The van der Waals surface area contributed by atoms with Gasteiger partial charge in [0.15, 0.2) is 0 Å². The highest BCUT2D eigenvalue weighted by molar-refractivity contribution is 5.72. The summed E-state index contributed by atoms with van der Waals surface area (Å²) in [7, 11) is 0. The van der Waals surface area contributed by atoms with Crippen molar-refractivity contribution < 1.29 is 4.79 Å². The molecule has 14 heavy (non-hydrogen) atoms. The third-order valence-corrected chi connectivity index (χ3v) is 2.00. The Hall–Kier alpha value is -1.57. The van der Waals surface area contributed by atoms with E-state index in [0.717, 1.165) is 12.0 Å². The molecule has 0 fully saturated rings. The number of carbonyl (C=O) groups is 1. The van der Waals surface area contributed by atoms with Crippen LogP contribution in [0.15, 0.2) is 30.8 Å². The van der Waals surface area contributed by atoms with Crippen LogP contribution in [-0.4, -0.2) is 12.5 Å². The van der Waals surface area contributed by atoms with E-state index in [9.17, 15) is 4.79 Å². The van der Waals surface area contributed by atoms with Crippen molar-refractivity contribution in [3.05, 3.63) is 42.0 Å². The molecule has 1 amide bonds. The van der Waals surface area contributed by atoms with Crippen LogP contribution in [0.1, 0.15) is 18.1 Å². The first-order valence-corrected chi connectivity index (χ1v) is 4.68. The summed E-state index contributed by atoms with van der Waals surface area (Å²) in [5.74, 6) is 0.0210. The van der Waals surface area contributed by atoms with Crippen LogP contribution < -0.4 is 5.32 Å². The highest BCUT2D eigenvalue weighted by atomic mass is 16.1. The van der Waals surface area contributed by atoms with Gasteiger partial charge in [-0.1, -0.05) is 36.9 Å². The van der Waals surface area contributed by atoms with Gasteiger partial charge in [-0.25, -0.2) is 0 Å². The van der Waals surface area contributed by atoms with E-state index >= 15 is 0 Å². The van der Waals surface area contributed by atoms with E-state index in [-0.39, 0.29) is 5.91 Å². The average molecular weight is 189 g/mol. The maximum Gasteiger partial charge on any atom is 0.216 e. The predicted molar refractivity (Wildman–Crippen MR) is 58.9 cm³/mol. The Morgan fingerprint density at radius 3 is 2.57 bits per heavy atom. The molecule has 1 aromatic rings. The minimum absolute atomic E-state index is 0.0210. The van der Waals surface area contributed by atoms with Gasteiger partial charge < -0.3 is 5.32 Å². The van der Waals surface area contributed by atoms with Crippen molar-refractivity contribution in [3.63, 3.8) is 0 Å². The Kier molecular flexibility index (Phi) is 3.92. The van der Waals surface area contributed by atoms with Gasteiger partial charge in [-0.3, -0.25) is 4.79 Å². The molecule has 1 rings (SSSR count). The second-order valence-corrected chi connectivity index (χ2v) is 3.18. The Balaban J connectivity index is 2.43. The van der Waals surface area contributed by atoms with E-state index in [1.165, 1.54) is 12.5 Å². The molecule has 0 spiro atoms. The zero-order valence-corrected chi connectivity index (χ0v) is 8.42. The second kappa shape index (κ2) is 5.22. The van der Waals surface area contributed by atoms with Gasteiger partial charge in [-0.2, -0.15) is 0 Å². The number of hydrogen-bond acceptors (Lipinski definition) is 1. The van der Waals surface area contributed by atoms with E-state index in [1.807, 2.05) is 18.2 Å². The summed E-state index contributed by atoms with van der Waals surface area (Å²) < 4.78 is 0. The summed E-state index contributed by atoms with van der Waals surface area (Å²) in [5.41, 5.74) is 2.35. The molecular formula is C12H15NO. The van der Waals surface area contributed by atoms with E-state index in [4.69, 9.17) is 0 Å². The zero-order valence-electron chi connectivity index (χ0n) is 8.42. The Labute approximate surface area is 84.6 Å². The highest BCUT2D eigenvalue weighted by Gasteiger charge is 1.94. The number of carbonyl (C=O) groups excluding carboxylic acids is 1. The van der Waals surface area contributed by atoms with E-state index in [0.29, 0.717) is 6.54 Å². The molecule has 2 nitrogen and oxygen atoms in total. The molecule has 1 aromatic carbocycles. The Morgan fingerprint density at radius 2 is 2.07 bits per heavy atom. The molecule has 0 aliphatic carbocycles. The first kappa shape index (κ1) is 10.5. The first-order valence-electron chi connectivity index (χ1n) is 4.68. The van der Waals surface area contributed by atoms with Crippen molar-refractivity contribution in [2.24, 2.45) is 0 Å². The molecule has 0 saturated carbocycles. The van der Waals surface area contributed by atoms with Gasteiger partial charge in [0.2, 0.25) is 5.91 Å². The number of benzene rings is 1. The van der Waals surface area contributed by atoms with Gasteiger partial charge >= 0.3 is 0 Å². The minimum Gasteiger partial charge on any atom is -0.356 e. The molecule has 74 valence electrons. The minimum atomic E-state index is 0.0210. The van der Waals surface area contributed by atoms with Crippen molar-refractivity contribution in [2.45, 2.75) is 13.3 Å². The van der Waals surface area contributed by atoms with E-state index in [2.05, 4.69) is 24.0 Å². The standard InChI is InChI=1S/C12H15NO/c1-3-11-4-6-12(7-5-11)8-9-13-10(2)14/h3-7H,1,8-9H2,2H3,(H,13,14). The maximum atomic E-state index is 10.6. The van der Waals surface area contributed by atoms with Gasteiger partial charge in [-0.05, 0) is 17.5 Å². The second-order valence-electron chi connectivity index (χ2n) is 3.18. The van der Waals surface area contributed by atoms with Crippen LogP contribution in [0.3, 0.4) is 0 Å². The summed E-state index contributed by atoms with van der Waals surface area (Å²) >= 11 is 0. The number of amides is 1. The van der Waals surface area contributed by atoms with Crippen molar-refractivity contribution in [1.82, 2.24) is 5.32 Å². The summed E-state index contributed by atoms with van der Waals surface area (Å²) in [6.07, 6.45) is 2.69. The van der Waals surface area contributed by atoms with Gasteiger partial charge in [0, 0.05) is 13.5 Å². The molecule has 0 aliphatic heterocycles. The molecule has 0 radical (unpaired) electrons. The lowest BCUT2D eigenvalue weighted by molar-refractivity contribution is -0.118. The summed E-state index contributed by atoms with van der Waals surface area (Å²) in [6, 6.07) is 8.16. The monoisotopic (exact) mass is 189 g/mol. The summed E-state index contributed by atoms with van der Waals surface area (Å²) in [6.45, 7) is 5.91. The molecule has 0 heterocycles. The summed E-state index contributed by atoms with van der Waals surface area (Å²) in [5, 5.41) is 2.76. The predicted octanol–water partition coefficient (Wildman–Crippen LogP) is 2.01. The van der Waals surface area contributed by atoms with Crippen LogP contribution in [0.2, 0.25) is 0 Å². The molecule has 1 N–H and O–H groups in total. The largest absolute Gasteiger partial charge is 0.356 e. The number of hydrogen-bond donors (Lipinski definition) is 1. The first-order chi connectivity index (χ1) is 6.72. The van der Waals surface area contributed by atoms with Crippen LogP contribution in [0.25, 0.3) is 6.08 Å². The SMILES string of the molecule is C=Cc1ccc(CCNC(C)=O)cc1. The van der Waals surface area contributed by atoms with Crippen LogP contribution in [-0.2, 0) is 11.2 Å². The van der Waals surface area contributed by atoms with E-state index < -0.39 is 0 Å². The maximum absolute atomic E-state index is 10.6. The van der Waals surface area contributed by atoms with Crippen LogP contribution >= 0.6 is 0 Å². The Morgan fingerprint density at radius 1 is 1.43 bits per heavy atom. The lowest BCUT2D eigenvalue weighted by Crippen LogP contribution is -2.22. The average Bonchev–Trinajstić information content (AvgIpc) is 2.18. The van der Waals surface area contributed by atoms with Gasteiger partial charge in [0.1, 0.15) is 0 Å². The van der Waals surface area contributed by atoms with Crippen LogP contribution in [0.5, 0.6) is 0 Å². The number of nitrogens with one attached hydrogen (secondary N) is 1. The number of rotatable bonds is 4. The van der Waals surface area contributed by atoms with Crippen molar-refractivity contribution in [2.75, 3.05) is 6.54 Å². The lowest BCUT2D eigenvalue weighted by atomic mass is 10.1. The van der Waals surface area contributed by atoms with Crippen LogP contribution in [0, 0.1) is 0 Å². The molecule has 2 heteroatoms. The fourth-order valence-corrected chi connectivity index (χ4v) is 1.20. The third-order valence-electron chi connectivity index (χ3n) is 2.00. The third kappa shape index (κ3) is 3.44. The molecular weight excluding hydrogens is 174 g/mol. The lowest BCUT2D eigenvalue weighted by Gasteiger charge is -2.02. The molecule has 0 saturated heterocycles. The van der Waals surface area contributed by atoms with E-state index in [1.54, 1.807) is 0 Å². The van der Waals surface area contributed by atoms with Gasteiger partial charge in [0.05, 0.1) is 0 Å². The normalized spacial score (nSPS) is 9.50. The highest BCUT2D eigenvalue weighted by Crippen LogP contribution is 2.05.